The standard InChI is InChI=1S/C12H18N2.2C2H6/c13-12-6-4-11(5-7-12)10-14-8-2-1-3-9-14;2*1-2/h4-7H,1-3,8-10,13H2;2*1-2H3. The van der Waals surface area contributed by atoms with Crippen molar-refractivity contribution in [2.24, 2.45) is 0 Å². The highest BCUT2D eigenvalue weighted by molar-refractivity contribution is 5.39. The summed E-state index contributed by atoms with van der Waals surface area (Å²) < 4.78 is 0. The molecule has 0 aromatic heterocycles. The fraction of sp³-hybridized carbons (Fsp3) is 0.625. The van der Waals surface area contributed by atoms with E-state index in [4.69, 9.17) is 5.73 Å². The van der Waals surface area contributed by atoms with E-state index in [1.807, 2.05) is 39.8 Å². The van der Waals surface area contributed by atoms with E-state index in [0.29, 0.717) is 0 Å². The predicted molar refractivity (Wildman–Crippen MR) is 82.7 cm³/mol. The highest BCUT2D eigenvalue weighted by Gasteiger charge is 2.09. The van der Waals surface area contributed by atoms with Gasteiger partial charge in [0.25, 0.3) is 0 Å². The molecule has 0 radical (unpaired) electrons. The molecule has 0 spiro atoms. The number of piperidine rings is 1. The minimum atomic E-state index is 0.854. The average Bonchev–Trinajstić information content (AvgIpc) is 2.47. The van der Waals surface area contributed by atoms with Gasteiger partial charge in [0.2, 0.25) is 0 Å². The molecule has 2 rings (SSSR count). The summed E-state index contributed by atoms with van der Waals surface area (Å²) >= 11 is 0. The van der Waals surface area contributed by atoms with Gasteiger partial charge in [0.15, 0.2) is 0 Å². The summed E-state index contributed by atoms with van der Waals surface area (Å²) in [6, 6.07) is 8.23. The third kappa shape index (κ3) is 6.65. The second-order valence-electron chi connectivity index (χ2n) is 4.08. The Balaban J connectivity index is 0.000000659. The first-order chi connectivity index (χ1) is 8.84. The lowest BCUT2D eigenvalue weighted by molar-refractivity contribution is 0.221. The molecule has 1 fully saturated rings. The lowest BCUT2D eigenvalue weighted by Crippen LogP contribution is -2.29. The van der Waals surface area contributed by atoms with Gasteiger partial charge in [-0.3, -0.25) is 4.90 Å². The van der Waals surface area contributed by atoms with E-state index in [1.165, 1.54) is 37.9 Å². The van der Waals surface area contributed by atoms with Gasteiger partial charge in [-0.2, -0.15) is 0 Å². The van der Waals surface area contributed by atoms with E-state index in [-0.39, 0.29) is 0 Å². The molecule has 1 aromatic rings. The fourth-order valence-corrected chi connectivity index (χ4v) is 2.00. The predicted octanol–water partition coefficient (Wildman–Crippen LogP) is 4.31. The van der Waals surface area contributed by atoms with Gasteiger partial charge in [-0.1, -0.05) is 46.2 Å². The van der Waals surface area contributed by atoms with Crippen molar-refractivity contribution >= 4 is 5.69 Å². The molecule has 0 unspecified atom stereocenters. The zero-order valence-corrected chi connectivity index (χ0v) is 12.6. The molecular formula is C16H30N2. The fourth-order valence-electron chi connectivity index (χ4n) is 2.00. The Morgan fingerprint density at radius 3 is 1.89 bits per heavy atom. The average molecular weight is 250 g/mol. The Hall–Kier alpha value is -1.02. The normalized spacial score (nSPS) is 14.9. The summed E-state index contributed by atoms with van der Waals surface area (Å²) in [6.45, 7) is 11.6. The first kappa shape index (κ1) is 17.0. The SMILES string of the molecule is CC.CC.Nc1ccc(CN2CCCCC2)cc1. The van der Waals surface area contributed by atoms with Gasteiger partial charge >= 0.3 is 0 Å². The van der Waals surface area contributed by atoms with Gasteiger partial charge in [-0.05, 0) is 43.6 Å². The number of benzene rings is 1. The first-order valence-electron chi connectivity index (χ1n) is 7.41. The molecule has 0 bridgehead atoms. The summed E-state index contributed by atoms with van der Waals surface area (Å²) in [6.07, 6.45) is 4.11. The van der Waals surface area contributed by atoms with Crippen LogP contribution in [0.1, 0.15) is 52.5 Å². The van der Waals surface area contributed by atoms with E-state index in [0.717, 1.165) is 12.2 Å². The molecule has 1 aliphatic heterocycles. The van der Waals surface area contributed by atoms with Crippen molar-refractivity contribution in [3.63, 3.8) is 0 Å². The van der Waals surface area contributed by atoms with Crippen molar-refractivity contribution in [2.75, 3.05) is 18.8 Å². The quantitative estimate of drug-likeness (QED) is 0.793. The Kier molecular flexibility index (Phi) is 10.5. The number of hydrogen-bond acceptors (Lipinski definition) is 2. The minimum absolute atomic E-state index is 0.854. The van der Waals surface area contributed by atoms with Crippen LogP contribution in [-0.2, 0) is 6.54 Å². The van der Waals surface area contributed by atoms with Crippen molar-refractivity contribution in [1.29, 1.82) is 0 Å². The van der Waals surface area contributed by atoms with Gasteiger partial charge < -0.3 is 5.73 Å². The summed E-state index contributed by atoms with van der Waals surface area (Å²) in [7, 11) is 0. The van der Waals surface area contributed by atoms with Crippen molar-refractivity contribution in [3.05, 3.63) is 29.8 Å². The zero-order valence-electron chi connectivity index (χ0n) is 12.6. The maximum absolute atomic E-state index is 5.65. The van der Waals surface area contributed by atoms with Crippen molar-refractivity contribution < 1.29 is 0 Å². The van der Waals surface area contributed by atoms with Gasteiger partial charge in [0.05, 0.1) is 0 Å². The van der Waals surface area contributed by atoms with Gasteiger partial charge in [-0.15, -0.1) is 0 Å². The van der Waals surface area contributed by atoms with Crippen LogP contribution in [0, 0.1) is 0 Å². The van der Waals surface area contributed by atoms with E-state index < -0.39 is 0 Å². The smallest absolute Gasteiger partial charge is 0.0314 e. The Morgan fingerprint density at radius 1 is 0.889 bits per heavy atom. The van der Waals surface area contributed by atoms with Crippen LogP contribution in [0.2, 0.25) is 0 Å². The minimum Gasteiger partial charge on any atom is -0.399 e. The third-order valence-electron chi connectivity index (χ3n) is 2.83. The van der Waals surface area contributed by atoms with Crippen molar-refractivity contribution in [3.8, 4) is 0 Å². The van der Waals surface area contributed by atoms with Crippen LogP contribution in [0.15, 0.2) is 24.3 Å². The van der Waals surface area contributed by atoms with Crippen LogP contribution in [0.5, 0.6) is 0 Å². The van der Waals surface area contributed by atoms with Crippen molar-refractivity contribution in [2.45, 2.75) is 53.5 Å². The molecule has 2 heteroatoms. The number of anilines is 1. The van der Waals surface area contributed by atoms with Crippen LogP contribution in [0.3, 0.4) is 0 Å². The molecule has 0 saturated carbocycles. The molecule has 2 nitrogen and oxygen atoms in total. The summed E-state index contributed by atoms with van der Waals surface area (Å²) in [5, 5.41) is 0. The molecule has 1 aromatic carbocycles. The van der Waals surface area contributed by atoms with Crippen LogP contribution in [-0.4, -0.2) is 18.0 Å². The summed E-state index contributed by atoms with van der Waals surface area (Å²) in [5.41, 5.74) is 7.88. The van der Waals surface area contributed by atoms with Crippen LogP contribution < -0.4 is 5.73 Å². The van der Waals surface area contributed by atoms with E-state index in [9.17, 15) is 0 Å². The second kappa shape index (κ2) is 11.1. The van der Waals surface area contributed by atoms with Gasteiger partial charge in [0, 0.05) is 12.2 Å². The Bertz CT molecular complexity index is 274. The highest BCUT2D eigenvalue weighted by atomic mass is 15.1. The number of likely N-dealkylation sites (tertiary alicyclic amines) is 1. The topological polar surface area (TPSA) is 29.3 Å². The highest BCUT2D eigenvalue weighted by Crippen LogP contribution is 2.13. The third-order valence-corrected chi connectivity index (χ3v) is 2.83. The lowest BCUT2D eigenvalue weighted by Gasteiger charge is -2.26. The van der Waals surface area contributed by atoms with Gasteiger partial charge in [-0.25, -0.2) is 0 Å². The maximum Gasteiger partial charge on any atom is 0.0314 e. The molecule has 1 saturated heterocycles. The monoisotopic (exact) mass is 250 g/mol. The number of nitrogens with two attached hydrogens (primary N) is 1. The largest absolute Gasteiger partial charge is 0.399 e. The van der Waals surface area contributed by atoms with Crippen LogP contribution in [0.4, 0.5) is 5.69 Å². The molecule has 0 amide bonds. The summed E-state index contributed by atoms with van der Waals surface area (Å²) in [5.74, 6) is 0. The molecule has 2 N–H and O–H groups in total. The maximum atomic E-state index is 5.65. The summed E-state index contributed by atoms with van der Waals surface area (Å²) in [4.78, 5) is 2.52. The molecule has 0 aliphatic carbocycles. The van der Waals surface area contributed by atoms with Crippen molar-refractivity contribution in [1.82, 2.24) is 4.90 Å². The lowest BCUT2D eigenvalue weighted by atomic mass is 10.1. The van der Waals surface area contributed by atoms with Crippen LogP contribution >= 0.6 is 0 Å². The molecule has 1 heterocycles. The molecule has 1 aliphatic rings. The number of rotatable bonds is 2. The number of nitrogens with zero attached hydrogens (tertiary/aromatic N) is 1. The molecular weight excluding hydrogens is 220 g/mol. The second-order valence-corrected chi connectivity index (χ2v) is 4.08. The molecule has 0 atom stereocenters. The molecule has 18 heavy (non-hydrogen) atoms. The Morgan fingerprint density at radius 2 is 1.39 bits per heavy atom. The van der Waals surface area contributed by atoms with Crippen LogP contribution in [0.25, 0.3) is 0 Å². The number of nitrogen functional groups attached to an aromatic ring is 1. The first-order valence-corrected chi connectivity index (χ1v) is 7.41. The van der Waals surface area contributed by atoms with E-state index in [2.05, 4.69) is 17.0 Å². The van der Waals surface area contributed by atoms with E-state index in [1.54, 1.807) is 0 Å². The zero-order chi connectivity index (χ0) is 13.8. The molecule has 104 valence electrons. The van der Waals surface area contributed by atoms with Gasteiger partial charge in [0.1, 0.15) is 0 Å². The Labute approximate surface area is 113 Å². The number of hydrogen-bond donors (Lipinski definition) is 1. The van der Waals surface area contributed by atoms with E-state index >= 15 is 0 Å².